The summed E-state index contributed by atoms with van der Waals surface area (Å²) in [6, 6.07) is 11.8. The van der Waals surface area contributed by atoms with Crippen molar-refractivity contribution in [3.8, 4) is 23.0 Å². The van der Waals surface area contributed by atoms with E-state index in [-0.39, 0.29) is 11.5 Å². The Kier molecular flexibility index (Phi) is 40.3. The molecule has 0 saturated heterocycles. The number of aliphatic carboxylic acids is 4. The highest BCUT2D eigenvalue weighted by Crippen LogP contribution is 2.42. The lowest BCUT2D eigenvalue weighted by Crippen LogP contribution is -2.56. The van der Waals surface area contributed by atoms with Crippen molar-refractivity contribution in [2.24, 2.45) is 5.92 Å². The standard InChI is InChI=1S/C70H112O12/c1-3-5-7-9-11-13-15-17-19-21-23-25-27-29-31-33-35-37-39-41-43-45-55-79-58-47-51-60(52-48-58)81-65-63(67(73)74)62(66(71)72)57-70(69(77)78,64(65)68(75)76)82-61-53-49-59(50-54-61)80-56-46-44-42-40-38-36-34-32-30-28-26-24-22-20-18-16-14-12-10-8-6-4-2/h47-54,57,64H,3-46,55-56H2,1-2H3,(H,71,72)(H,73,74)(H,75,76)(H,77,78). The number of hydrogen-bond acceptors (Lipinski definition) is 8. The van der Waals surface area contributed by atoms with E-state index in [4.69, 9.17) is 18.9 Å². The molecule has 0 aromatic heterocycles. The zero-order valence-electron chi connectivity index (χ0n) is 51.4. The molecule has 0 fully saturated rings. The first-order valence-electron chi connectivity index (χ1n) is 33.3. The van der Waals surface area contributed by atoms with Gasteiger partial charge in [0.1, 0.15) is 34.3 Å². The molecule has 2 aromatic carbocycles. The summed E-state index contributed by atoms with van der Waals surface area (Å²) in [5, 5.41) is 41.8. The van der Waals surface area contributed by atoms with Crippen LogP contribution in [0, 0.1) is 5.92 Å². The largest absolute Gasteiger partial charge is 0.494 e. The molecule has 0 saturated carbocycles. The van der Waals surface area contributed by atoms with Crippen LogP contribution in [0.15, 0.2) is 71.5 Å². The van der Waals surface area contributed by atoms with Crippen molar-refractivity contribution in [1.29, 1.82) is 0 Å². The average Bonchev–Trinajstić information content (AvgIpc) is 3.03. The summed E-state index contributed by atoms with van der Waals surface area (Å²) in [5.74, 6) is -9.74. The molecule has 0 radical (unpaired) electrons. The molecule has 0 spiro atoms. The van der Waals surface area contributed by atoms with Crippen molar-refractivity contribution in [3.05, 3.63) is 71.5 Å². The van der Waals surface area contributed by atoms with Crippen LogP contribution in [0.5, 0.6) is 23.0 Å². The normalized spacial score (nSPS) is 15.1. The average molecular weight is 1150 g/mol. The Morgan fingerprint density at radius 3 is 0.890 bits per heavy atom. The quantitative estimate of drug-likeness (QED) is 0.0460. The molecular weight excluding hydrogens is 1030 g/mol. The molecule has 2 unspecified atom stereocenters. The molecule has 464 valence electrons. The summed E-state index contributed by atoms with van der Waals surface area (Å²) in [5.41, 5.74) is -4.94. The predicted molar refractivity (Wildman–Crippen MR) is 331 cm³/mol. The Balaban J connectivity index is 1.34. The smallest absolute Gasteiger partial charge is 0.353 e. The van der Waals surface area contributed by atoms with Gasteiger partial charge in [0.15, 0.2) is 5.92 Å². The van der Waals surface area contributed by atoms with E-state index in [2.05, 4.69) is 13.8 Å². The van der Waals surface area contributed by atoms with Gasteiger partial charge in [-0.1, -0.05) is 284 Å². The van der Waals surface area contributed by atoms with Crippen molar-refractivity contribution >= 4 is 23.9 Å². The van der Waals surface area contributed by atoms with Crippen LogP contribution in [0.1, 0.15) is 296 Å². The van der Waals surface area contributed by atoms with Gasteiger partial charge in [-0.3, -0.25) is 4.79 Å². The lowest BCUT2D eigenvalue weighted by atomic mass is 9.76. The van der Waals surface area contributed by atoms with Gasteiger partial charge in [-0.15, -0.1) is 0 Å². The van der Waals surface area contributed by atoms with E-state index in [9.17, 15) is 39.6 Å². The van der Waals surface area contributed by atoms with Crippen LogP contribution in [0.25, 0.3) is 0 Å². The molecule has 1 aliphatic rings. The fourth-order valence-electron chi connectivity index (χ4n) is 11.3. The fraction of sp³-hybridized carbons (Fsp3) is 0.714. The highest BCUT2D eigenvalue weighted by atomic mass is 16.5. The maximum absolute atomic E-state index is 13.2. The van der Waals surface area contributed by atoms with E-state index >= 15 is 0 Å². The van der Waals surface area contributed by atoms with E-state index in [1.165, 1.54) is 268 Å². The lowest BCUT2D eigenvalue weighted by molar-refractivity contribution is -0.165. The first kappa shape index (κ1) is 71.3. The van der Waals surface area contributed by atoms with Crippen LogP contribution in [-0.4, -0.2) is 63.1 Å². The number of rotatable bonds is 56. The Morgan fingerprint density at radius 2 is 0.634 bits per heavy atom. The summed E-state index contributed by atoms with van der Waals surface area (Å²) < 4.78 is 23.7. The second-order valence-electron chi connectivity index (χ2n) is 23.5. The Labute approximate surface area is 496 Å². The van der Waals surface area contributed by atoms with Crippen LogP contribution >= 0.6 is 0 Å². The van der Waals surface area contributed by atoms with Gasteiger partial charge in [0.25, 0.3) is 0 Å². The summed E-state index contributed by atoms with van der Waals surface area (Å²) in [6.45, 7) is 5.50. The summed E-state index contributed by atoms with van der Waals surface area (Å²) in [4.78, 5) is 51.6. The third-order valence-corrected chi connectivity index (χ3v) is 16.3. The highest BCUT2D eigenvalue weighted by Gasteiger charge is 2.59. The number of benzene rings is 2. The van der Waals surface area contributed by atoms with E-state index < -0.39 is 52.3 Å². The Morgan fingerprint density at radius 1 is 0.366 bits per heavy atom. The van der Waals surface area contributed by atoms with Crippen LogP contribution in [-0.2, 0) is 19.2 Å². The predicted octanol–water partition coefficient (Wildman–Crippen LogP) is 20.0. The zero-order valence-corrected chi connectivity index (χ0v) is 51.4. The van der Waals surface area contributed by atoms with E-state index in [0.29, 0.717) is 30.8 Å². The van der Waals surface area contributed by atoms with Gasteiger partial charge in [-0.2, -0.15) is 0 Å². The molecule has 1 aliphatic carbocycles. The van der Waals surface area contributed by atoms with Crippen molar-refractivity contribution < 1.29 is 58.6 Å². The van der Waals surface area contributed by atoms with Gasteiger partial charge in [-0.05, 0) is 67.4 Å². The van der Waals surface area contributed by atoms with E-state index in [1.807, 2.05) is 0 Å². The molecule has 0 bridgehead atoms. The number of carboxylic acids is 4. The fourth-order valence-corrected chi connectivity index (χ4v) is 11.3. The van der Waals surface area contributed by atoms with Gasteiger partial charge < -0.3 is 39.4 Å². The molecule has 0 amide bonds. The SMILES string of the molecule is CCCCCCCCCCCCCCCCCCCCCCCCOc1ccc(OC2=C(C(=O)O)C(C(=O)O)=CC(Oc3ccc(OCCCCCCCCCCCCCCCCCCCCCCCC)cc3)(C(=O)O)C2C(=O)O)cc1. The van der Waals surface area contributed by atoms with Gasteiger partial charge >= 0.3 is 23.9 Å². The van der Waals surface area contributed by atoms with Gasteiger partial charge in [0, 0.05) is 0 Å². The summed E-state index contributed by atoms with van der Waals surface area (Å²) >= 11 is 0. The van der Waals surface area contributed by atoms with Gasteiger partial charge in [-0.25, -0.2) is 14.4 Å². The molecule has 4 N–H and O–H groups in total. The molecular formula is C70H112O12. The first-order valence-corrected chi connectivity index (χ1v) is 33.3. The van der Waals surface area contributed by atoms with Crippen LogP contribution in [0.2, 0.25) is 0 Å². The number of hydrogen-bond donors (Lipinski definition) is 4. The molecule has 82 heavy (non-hydrogen) atoms. The van der Waals surface area contributed by atoms with E-state index in [1.54, 1.807) is 24.3 Å². The molecule has 0 aliphatic heterocycles. The second-order valence-corrected chi connectivity index (χ2v) is 23.5. The minimum Gasteiger partial charge on any atom is -0.494 e. The third-order valence-electron chi connectivity index (χ3n) is 16.3. The zero-order chi connectivity index (χ0) is 59.1. The minimum absolute atomic E-state index is 0.0605. The van der Waals surface area contributed by atoms with Crippen molar-refractivity contribution in [3.63, 3.8) is 0 Å². The molecule has 2 aromatic rings. The second kappa shape index (κ2) is 46.4. The molecule has 0 heterocycles. The minimum atomic E-state index is -2.93. The van der Waals surface area contributed by atoms with Crippen molar-refractivity contribution in [2.45, 2.75) is 302 Å². The maximum atomic E-state index is 13.2. The monoisotopic (exact) mass is 1140 g/mol. The van der Waals surface area contributed by atoms with Crippen molar-refractivity contribution in [1.82, 2.24) is 0 Å². The molecule has 2 atom stereocenters. The Bertz CT molecular complexity index is 2040. The van der Waals surface area contributed by atoms with Crippen molar-refractivity contribution in [2.75, 3.05) is 13.2 Å². The number of unbranched alkanes of at least 4 members (excludes halogenated alkanes) is 42. The summed E-state index contributed by atoms with van der Waals surface area (Å²) in [7, 11) is 0. The first-order chi connectivity index (χ1) is 40.0. The van der Waals surface area contributed by atoms with Crippen LogP contribution < -0.4 is 18.9 Å². The van der Waals surface area contributed by atoms with Gasteiger partial charge in [0.2, 0.25) is 5.60 Å². The lowest BCUT2D eigenvalue weighted by Gasteiger charge is -2.37. The number of ether oxygens (including phenoxy) is 4. The number of carboxylic acid groups (broad SMARTS) is 4. The Hall–Kier alpha value is -5.00. The van der Waals surface area contributed by atoms with E-state index in [0.717, 1.165) is 38.5 Å². The highest BCUT2D eigenvalue weighted by molar-refractivity contribution is 6.09. The van der Waals surface area contributed by atoms with Gasteiger partial charge in [0.05, 0.1) is 18.8 Å². The van der Waals surface area contributed by atoms with Crippen LogP contribution in [0.3, 0.4) is 0 Å². The molecule has 12 nitrogen and oxygen atoms in total. The third kappa shape index (κ3) is 31.1. The molecule has 3 rings (SSSR count). The number of carbonyl (C=O) groups is 4. The van der Waals surface area contributed by atoms with Crippen LogP contribution in [0.4, 0.5) is 0 Å². The summed E-state index contributed by atoms with van der Waals surface area (Å²) in [6.07, 6.45) is 58.3. The molecule has 12 heteroatoms. The topological polar surface area (TPSA) is 186 Å². The maximum Gasteiger partial charge on any atom is 0.353 e.